The van der Waals surface area contributed by atoms with Crippen LogP contribution in [0.2, 0.25) is 0 Å². The maximum absolute atomic E-state index is 8.11. The molecular formula is C9H22O3. The summed E-state index contributed by atoms with van der Waals surface area (Å²) in [5.74, 6) is 0. The molecule has 76 valence electrons. The third-order valence-corrected chi connectivity index (χ3v) is 0.920. The second-order valence-corrected chi connectivity index (χ2v) is 2.95. The van der Waals surface area contributed by atoms with Crippen LogP contribution in [0.15, 0.2) is 0 Å². The number of hydrogen-bond acceptors (Lipinski definition) is 3. The van der Waals surface area contributed by atoms with E-state index in [0.29, 0.717) is 6.10 Å². The minimum Gasteiger partial charge on any atom is -0.394 e. The quantitative estimate of drug-likeness (QED) is 0.679. The van der Waals surface area contributed by atoms with Crippen LogP contribution < -0.4 is 0 Å². The Labute approximate surface area is 75.4 Å². The lowest BCUT2D eigenvalue weighted by Gasteiger charge is -2.03. The molecule has 12 heavy (non-hydrogen) atoms. The Kier molecular flexibility index (Phi) is 13.1. The maximum atomic E-state index is 8.11. The van der Waals surface area contributed by atoms with Gasteiger partial charge in [0.25, 0.3) is 0 Å². The highest BCUT2D eigenvalue weighted by Gasteiger charge is 1.87. The van der Waals surface area contributed by atoms with Gasteiger partial charge in [-0.05, 0) is 27.2 Å². The van der Waals surface area contributed by atoms with Gasteiger partial charge in [0.15, 0.2) is 0 Å². The molecule has 0 bridgehead atoms. The first kappa shape index (κ1) is 14.4. The van der Waals surface area contributed by atoms with E-state index in [1.165, 1.54) is 6.92 Å². The molecule has 1 unspecified atom stereocenters. The Hall–Kier alpha value is -0.120. The lowest BCUT2D eigenvalue weighted by atomic mass is 10.4. The maximum Gasteiger partial charge on any atom is 0.0742 e. The molecule has 0 aliphatic carbocycles. The SMILES string of the molecule is CC(O)CO.CCCOC(C)C. The van der Waals surface area contributed by atoms with Crippen LogP contribution in [0.3, 0.4) is 0 Å². The highest BCUT2D eigenvalue weighted by atomic mass is 16.5. The van der Waals surface area contributed by atoms with Crippen molar-refractivity contribution >= 4 is 0 Å². The highest BCUT2D eigenvalue weighted by Crippen LogP contribution is 1.87. The van der Waals surface area contributed by atoms with Crippen molar-refractivity contribution in [1.82, 2.24) is 0 Å². The molecule has 0 amide bonds. The van der Waals surface area contributed by atoms with Crippen molar-refractivity contribution in [2.75, 3.05) is 13.2 Å². The van der Waals surface area contributed by atoms with Gasteiger partial charge in [-0.3, -0.25) is 0 Å². The summed E-state index contributed by atoms with van der Waals surface area (Å²) in [4.78, 5) is 0. The van der Waals surface area contributed by atoms with Crippen molar-refractivity contribution in [2.45, 2.75) is 46.3 Å². The van der Waals surface area contributed by atoms with Gasteiger partial charge in [0.2, 0.25) is 0 Å². The zero-order chi connectivity index (χ0) is 9.98. The van der Waals surface area contributed by atoms with Crippen LogP contribution >= 0.6 is 0 Å². The van der Waals surface area contributed by atoms with Crippen LogP contribution in [-0.4, -0.2) is 35.6 Å². The molecule has 0 fully saturated rings. The molecule has 0 saturated carbocycles. The summed E-state index contributed by atoms with van der Waals surface area (Å²) in [6, 6.07) is 0. The Bertz CT molecular complexity index is 72.2. The first-order valence-electron chi connectivity index (χ1n) is 4.45. The van der Waals surface area contributed by atoms with Gasteiger partial charge in [0, 0.05) is 6.61 Å². The minimum absolute atomic E-state index is 0.139. The van der Waals surface area contributed by atoms with Crippen LogP contribution in [-0.2, 0) is 4.74 Å². The lowest BCUT2D eigenvalue weighted by Crippen LogP contribution is -2.03. The number of hydrogen-bond donors (Lipinski definition) is 2. The fourth-order valence-electron chi connectivity index (χ4n) is 0.354. The predicted molar refractivity (Wildman–Crippen MR) is 50.1 cm³/mol. The summed E-state index contributed by atoms with van der Waals surface area (Å²) in [7, 11) is 0. The van der Waals surface area contributed by atoms with E-state index in [9.17, 15) is 0 Å². The van der Waals surface area contributed by atoms with Gasteiger partial charge in [-0.1, -0.05) is 6.92 Å². The van der Waals surface area contributed by atoms with Crippen molar-refractivity contribution in [2.24, 2.45) is 0 Å². The van der Waals surface area contributed by atoms with Crippen molar-refractivity contribution in [3.8, 4) is 0 Å². The highest BCUT2D eigenvalue weighted by molar-refractivity contribution is 4.34. The molecule has 0 spiro atoms. The molecule has 3 nitrogen and oxygen atoms in total. The molecule has 0 aromatic rings. The van der Waals surface area contributed by atoms with E-state index in [4.69, 9.17) is 14.9 Å². The van der Waals surface area contributed by atoms with Crippen LogP contribution in [0.5, 0.6) is 0 Å². The van der Waals surface area contributed by atoms with E-state index in [0.717, 1.165) is 13.0 Å². The zero-order valence-corrected chi connectivity index (χ0v) is 8.58. The molecule has 0 aromatic carbocycles. The largest absolute Gasteiger partial charge is 0.394 e. The van der Waals surface area contributed by atoms with E-state index >= 15 is 0 Å². The second-order valence-electron chi connectivity index (χ2n) is 2.95. The third kappa shape index (κ3) is 22.5. The monoisotopic (exact) mass is 178 g/mol. The van der Waals surface area contributed by atoms with Crippen LogP contribution in [0, 0.1) is 0 Å². The summed E-state index contributed by atoms with van der Waals surface area (Å²) in [6.45, 7) is 8.51. The fraction of sp³-hybridized carbons (Fsp3) is 1.00. The van der Waals surface area contributed by atoms with Gasteiger partial charge in [-0.25, -0.2) is 0 Å². The van der Waals surface area contributed by atoms with Crippen molar-refractivity contribution in [3.05, 3.63) is 0 Å². The fourth-order valence-corrected chi connectivity index (χ4v) is 0.354. The molecule has 0 aliphatic rings. The number of rotatable bonds is 4. The van der Waals surface area contributed by atoms with Gasteiger partial charge >= 0.3 is 0 Å². The molecule has 0 aliphatic heterocycles. The number of aliphatic hydroxyl groups is 2. The van der Waals surface area contributed by atoms with E-state index < -0.39 is 6.10 Å². The number of aliphatic hydroxyl groups excluding tert-OH is 2. The van der Waals surface area contributed by atoms with Crippen molar-refractivity contribution in [3.63, 3.8) is 0 Å². The van der Waals surface area contributed by atoms with Gasteiger partial charge in [0.1, 0.15) is 0 Å². The van der Waals surface area contributed by atoms with Gasteiger partial charge in [-0.15, -0.1) is 0 Å². The van der Waals surface area contributed by atoms with Gasteiger partial charge in [-0.2, -0.15) is 0 Å². The van der Waals surface area contributed by atoms with E-state index in [2.05, 4.69) is 20.8 Å². The molecule has 0 radical (unpaired) electrons. The molecule has 2 N–H and O–H groups in total. The smallest absolute Gasteiger partial charge is 0.0742 e. The summed E-state index contributed by atoms with van der Waals surface area (Å²) in [5.41, 5.74) is 0. The summed E-state index contributed by atoms with van der Waals surface area (Å²) in [6.07, 6.45) is 0.966. The molecule has 0 saturated heterocycles. The van der Waals surface area contributed by atoms with E-state index in [-0.39, 0.29) is 6.61 Å². The van der Waals surface area contributed by atoms with Gasteiger partial charge < -0.3 is 14.9 Å². The van der Waals surface area contributed by atoms with E-state index in [1.807, 2.05) is 0 Å². The van der Waals surface area contributed by atoms with E-state index in [1.54, 1.807) is 0 Å². The molecule has 0 rings (SSSR count). The van der Waals surface area contributed by atoms with Crippen LogP contribution in [0.4, 0.5) is 0 Å². The first-order chi connectivity index (χ1) is 5.54. The standard InChI is InChI=1S/C6H14O.C3H8O2/c1-4-5-7-6(2)3;1-3(5)2-4/h6H,4-5H2,1-3H3;3-5H,2H2,1H3. The second kappa shape index (κ2) is 10.9. The molecule has 1 atom stereocenters. The molecule has 0 heterocycles. The average molecular weight is 178 g/mol. The summed E-state index contributed by atoms with van der Waals surface area (Å²) < 4.78 is 5.19. The normalized spacial score (nSPS) is 12.2. The first-order valence-corrected chi connectivity index (χ1v) is 4.45. The Morgan fingerprint density at radius 2 is 1.67 bits per heavy atom. The third-order valence-electron chi connectivity index (χ3n) is 0.920. The Morgan fingerprint density at radius 1 is 1.25 bits per heavy atom. The molecular weight excluding hydrogens is 156 g/mol. The predicted octanol–water partition coefficient (Wildman–Crippen LogP) is 1.18. The average Bonchev–Trinajstić information content (AvgIpc) is 2.02. The zero-order valence-electron chi connectivity index (χ0n) is 8.58. The minimum atomic E-state index is -0.560. The van der Waals surface area contributed by atoms with Crippen molar-refractivity contribution in [1.29, 1.82) is 0 Å². The Morgan fingerprint density at radius 3 is 1.75 bits per heavy atom. The van der Waals surface area contributed by atoms with Crippen molar-refractivity contribution < 1.29 is 14.9 Å². The summed E-state index contributed by atoms with van der Waals surface area (Å²) >= 11 is 0. The lowest BCUT2D eigenvalue weighted by molar-refractivity contribution is 0.0794. The topological polar surface area (TPSA) is 49.7 Å². The number of ether oxygens (including phenoxy) is 1. The molecule has 0 aromatic heterocycles. The Balaban J connectivity index is 0. The van der Waals surface area contributed by atoms with Crippen LogP contribution in [0.25, 0.3) is 0 Å². The van der Waals surface area contributed by atoms with Gasteiger partial charge in [0.05, 0.1) is 18.8 Å². The summed E-state index contributed by atoms with van der Waals surface area (Å²) in [5, 5.41) is 16.0. The molecule has 3 heteroatoms. The van der Waals surface area contributed by atoms with Crippen LogP contribution in [0.1, 0.15) is 34.1 Å².